The van der Waals surface area contributed by atoms with E-state index in [0.717, 1.165) is 4.57 Å². The fourth-order valence-corrected chi connectivity index (χ4v) is 2.86. The number of nitrogens with one attached hydrogen (secondary N) is 1. The fourth-order valence-electron chi connectivity index (χ4n) is 2.86. The van der Waals surface area contributed by atoms with Gasteiger partial charge in [-0.15, -0.1) is 5.10 Å². The van der Waals surface area contributed by atoms with Gasteiger partial charge < -0.3 is 13.9 Å². The molecular weight excluding hydrogens is 406 g/mol. The van der Waals surface area contributed by atoms with Crippen LogP contribution in [0.5, 0.6) is 11.5 Å². The third-order valence-corrected chi connectivity index (χ3v) is 4.32. The second kappa shape index (κ2) is 8.53. The van der Waals surface area contributed by atoms with Gasteiger partial charge in [0.2, 0.25) is 11.8 Å². The molecule has 0 spiro atoms. The zero-order valence-corrected chi connectivity index (χ0v) is 16.6. The first-order valence-corrected chi connectivity index (χ1v) is 9.06. The Kier molecular flexibility index (Phi) is 5.47. The van der Waals surface area contributed by atoms with Crippen LogP contribution >= 0.6 is 0 Å². The minimum absolute atomic E-state index is 0.0963. The molecule has 0 aliphatic carbocycles. The third-order valence-electron chi connectivity index (χ3n) is 4.32. The zero-order chi connectivity index (χ0) is 21.8. The summed E-state index contributed by atoms with van der Waals surface area (Å²) in [6, 6.07) is 13.9. The Bertz CT molecular complexity index is 1260. The fraction of sp³-hybridized carbons (Fsp3) is 0.150. The summed E-state index contributed by atoms with van der Waals surface area (Å²) in [6.07, 6.45) is 0. The van der Waals surface area contributed by atoms with Crippen molar-refractivity contribution in [3.05, 3.63) is 59.1 Å². The Morgan fingerprint density at radius 3 is 2.55 bits per heavy atom. The predicted molar refractivity (Wildman–Crippen MR) is 108 cm³/mol. The van der Waals surface area contributed by atoms with Crippen molar-refractivity contribution in [2.45, 2.75) is 6.54 Å². The standard InChI is InChI=1S/C20H17N5O6/c1-28-14-9-8-13(10-15(14)29-2)17-24-31-20(27)25(17)11-16(26)21-19-23-22-18(30-19)12-6-4-3-5-7-12/h3-10H,11H2,1-2H3,(H,21,23,26). The Balaban J connectivity index is 1.53. The lowest BCUT2D eigenvalue weighted by atomic mass is 10.2. The second-order valence-electron chi connectivity index (χ2n) is 6.25. The van der Waals surface area contributed by atoms with Gasteiger partial charge in [-0.3, -0.25) is 14.6 Å². The molecule has 2 aromatic carbocycles. The number of hydrogen-bond acceptors (Lipinski definition) is 9. The summed E-state index contributed by atoms with van der Waals surface area (Å²) in [4.78, 5) is 24.6. The highest BCUT2D eigenvalue weighted by atomic mass is 16.5. The van der Waals surface area contributed by atoms with Gasteiger partial charge in [-0.1, -0.05) is 28.5 Å². The van der Waals surface area contributed by atoms with Crippen molar-refractivity contribution in [1.82, 2.24) is 19.9 Å². The molecule has 1 amide bonds. The SMILES string of the molecule is COc1ccc(-c2noc(=O)n2CC(=O)Nc2nnc(-c3ccccc3)o2)cc1OC. The number of rotatable bonds is 7. The van der Waals surface area contributed by atoms with E-state index in [1.807, 2.05) is 18.2 Å². The van der Waals surface area contributed by atoms with Gasteiger partial charge in [-0.25, -0.2) is 9.36 Å². The summed E-state index contributed by atoms with van der Waals surface area (Å²) in [6.45, 7) is -0.380. The maximum Gasteiger partial charge on any atom is 0.442 e. The van der Waals surface area contributed by atoms with Crippen LogP contribution in [0, 0.1) is 0 Å². The maximum absolute atomic E-state index is 12.5. The number of carbonyl (C=O) groups excluding carboxylic acids is 1. The van der Waals surface area contributed by atoms with Crippen LogP contribution < -0.4 is 20.5 Å². The van der Waals surface area contributed by atoms with E-state index in [9.17, 15) is 9.59 Å². The van der Waals surface area contributed by atoms with Crippen LogP contribution in [0.15, 0.2) is 62.3 Å². The molecule has 2 aromatic heterocycles. The molecule has 0 radical (unpaired) electrons. The number of hydrogen-bond donors (Lipinski definition) is 1. The van der Waals surface area contributed by atoms with Gasteiger partial charge in [0, 0.05) is 11.1 Å². The van der Waals surface area contributed by atoms with Gasteiger partial charge >= 0.3 is 11.8 Å². The van der Waals surface area contributed by atoms with E-state index < -0.39 is 11.7 Å². The van der Waals surface area contributed by atoms with E-state index >= 15 is 0 Å². The Labute approximate surface area is 175 Å². The van der Waals surface area contributed by atoms with Crippen LogP contribution in [0.1, 0.15) is 0 Å². The molecule has 0 bridgehead atoms. The van der Waals surface area contributed by atoms with E-state index in [-0.39, 0.29) is 24.3 Å². The molecule has 11 nitrogen and oxygen atoms in total. The average Bonchev–Trinajstić information content (AvgIpc) is 3.41. The number of ether oxygens (including phenoxy) is 2. The van der Waals surface area contributed by atoms with Crippen molar-refractivity contribution in [3.8, 4) is 34.3 Å². The normalized spacial score (nSPS) is 10.6. The van der Waals surface area contributed by atoms with Crippen LogP contribution in [-0.4, -0.2) is 40.0 Å². The van der Waals surface area contributed by atoms with Gasteiger partial charge in [0.25, 0.3) is 0 Å². The summed E-state index contributed by atoms with van der Waals surface area (Å²) in [5, 5.41) is 13.9. The first-order chi connectivity index (χ1) is 15.1. The smallest absolute Gasteiger partial charge is 0.442 e. The maximum atomic E-state index is 12.5. The van der Waals surface area contributed by atoms with Crippen molar-refractivity contribution >= 4 is 11.9 Å². The van der Waals surface area contributed by atoms with Crippen LogP contribution in [-0.2, 0) is 11.3 Å². The number of aromatic nitrogens is 4. The van der Waals surface area contributed by atoms with E-state index in [0.29, 0.717) is 22.6 Å². The lowest BCUT2D eigenvalue weighted by Gasteiger charge is -2.09. The first kappa shape index (κ1) is 19.9. The molecule has 1 N–H and O–H groups in total. The van der Waals surface area contributed by atoms with E-state index in [4.69, 9.17) is 18.4 Å². The molecule has 0 saturated heterocycles. The van der Waals surface area contributed by atoms with Gasteiger partial charge in [0.1, 0.15) is 6.54 Å². The van der Waals surface area contributed by atoms with Crippen molar-refractivity contribution in [3.63, 3.8) is 0 Å². The summed E-state index contributed by atoms with van der Waals surface area (Å²) in [5.41, 5.74) is 1.21. The topological polar surface area (TPSA) is 135 Å². The highest BCUT2D eigenvalue weighted by molar-refractivity contribution is 5.88. The molecule has 11 heteroatoms. The number of anilines is 1. The average molecular weight is 423 g/mol. The molecule has 0 unspecified atom stereocenters. The van der Waals surface area contributed by atoms with Gasteiger partial charge in [-0.2, -0.15) is 0 Å². The second-order valence-corrected chi connectivity index (χ2v) is 6.25. The van der Waals surface area contributed by atoms with Crippen LogP contribution in [0.4, 0.5) is 6.01 Å². The quantitative estimate of drug-likeness (QED) is 0.474. The van der Waals surface area contributed by atoms with Crippen molar-refractivity contribution in [2.24, 2.45) is 0 Å². The largest absolute Gasteiger partial charge is 0.493 e. The Morgan fingerprint density at radius 2 is 1.81 bits per heavy atom. The molecule has 31 heavy (non-hydrogen) atoms. The molecule has 0 aliphatic rings. The Hall–Kier alpha value is -4.41. The number of benzene rings is 2. The van der Waals surface area contributed by atoms with Crippen molar-refractivity contribution in [1.29, 1.82) is 0 Å². The van der Waals surface area contributed by atoms with E-state index in [1.54, 1.807) is 30.3 Å². The predicted octanol–water partition coefficient (Wildman–Crippen LogP) is 2.21. The summed E-state index contributed by atoms with van der Waals surface area (Å²) < 4.78 is 21.7. The molecule has 0 fully saturated rings. The van der Waals surface area contributed by atoms with Crippen molar-refractivity contribution in [2.75, 3.05) is 19.5 Å². The molecule has 0 atom stereocenters. The number of methoxy groups -OCH3 is 2. The summed E-state index contributed by atoms with van der Waals surface area (Å²) in [5.74, 6) is -0.0239. The molecule has 158 valence electrons. The molecule has 0 aliphatic heterocycles. The van der Waals surface area contributed by atoms with Crippen LogP contribution in [0.3, 0.4) is 0 Å². The van der Waals surface area contributed by atoms with E-state index in [2.05, 4.69) is 20.7 Å². The lowest BCUT2D eigenvalue weighted by molar-refractivity contribution is -0.116. The molecule has 4 rings (SSSR count). The zero-order valence-electron chi connectivity index (χ0n) is 16.6. The summed E-state index contributed by atoms with van der Waals surface area (Å²) >= 11 is 0. The minimum Gasteiger partial charge on any atom is -0.493 e. The Morgan fingerprint density at radius 1 is 1.03 bits per heavy atom. The first-order valence-electron chi connectivity index (χ1n) is 9.06. The number of carbonyl (C=O) groups is 1. The molecule has 2 heterocycles. The van der Waals surface area contributed by atoms with Crippen molar-refractivity contribution < 1.29 is 23.2 Å². The lowest BCUT2D eigenvalue weighted by Crippen LogP contribution is -2.25. The molecule has 0 saturated carbocycles. The monoisotopic (exact) mass is 423 g/mol. The third kappa shape index (κ3) is 4.15. The number of nitrogens with zero attached hydrogens (tertiary/aromatic N) is 4. The number of amides is 1. The van der Waals surface area contributed by atoms with Gasteiger partial charge in [0.15, 0.2) is 17.3 Å². The molecule has 4 aromatic rings. The molecular formula is C20H17N5O6. The van der Waals surface area contributed by atoms with Gasteiger partial charge in [-0.05, 0) is 30.3 Å². The van der Waals surface area contributed by atoms with Crippen LogP contribution in [0.2, 0.25) is 0 Å². The highest BCUT2D eigenvalue weighted by Gasteiger charge is 2.19. The van der Waals surface area contributed by atoms with Crippen LogP contribution in [0.25, 0.3) is 22.8 Å². The minimum atomic E-state index is -0.796. The highest BCUT2D eigenvalue weighted by Crippen LogP contribution is 2.31. The van der Waals surface area contributed by atoms with Gasteiger partial charge in [0.05, 0.1) is 14.2 Å². The summed E-state index contributed by atoms with van der Waals surface area (Å²) in [7, 11) is 2.99. The van der Waals surface area contributed by atoms with E-state index in [1.165, 1.54) is 14.2 Å².